The number of hydrogen-bond acceptors (Lipinski definition) is 4. The van der Waals surface area contributed by atoms with E-state index < -0.39 is 18.1 Å². The van der Waals surface area contributed by atoms with Crippen LogP contribution in [-0.2, 0) is 11.3 Å². The van der Waals surface area contributed by atoms with Gasteiger partial charge in [-0.05, 0) is 41.5 Å². The van der Waals surface area contributed by atoms with Crippen LogP contribution in [0.25, 0.3) is 10.8 Å². The molecule has 0 bridgehead atoms. The van der Waals surface area contributed by atoms with Crippen LogP contribution in [0.2, 0.25) is 0 Å². The van der Waals surface area contributed by atoms with Gasteiger partial charge in [-0.1, -0.05) is 52.3 Å². The summed E-state index contributed by atoms with van der Waals surface area (Å²) in [6, 6.07) is 15.6. The lowest BCUT2D eigenvalue weighted by Crippen LogP contribution is -2.49. The molecule has 3 N–H and O–H groups in total. The van der Waals surface area contributed by atoms with Gasteiger partial charge in [-0.25, -0.2) is 4.79 Å². The van der Waals surface area contributed by atoms with E-state index in [9.17, 15) is 14.7 Å². The first-order valence-corrected chi connectivity index (χ1v) is 9.94. The van der Waals surface area contributed by atoms with E-state index in [1.807, 2.05) is 36.4 Å². The van der Waals surface area contributed by atoms with Crippen molar-refractivity contribution in [1.82, 2.24) is 0 Å². The van der Waals surface area contributed by atoms with Gasteiger partial charge in [-0.3, -0.25) is 4.79 Å². The van der Waals surface area contributed by atoms with Crippen molar-refractivity contribution in [2.24, 2.45) is 5.73 Å². The number of nitrogens with two attached hydrogens (primary N) is 1. The normalized spacial score (nSPS) is 18.9. The van der Waals surface area contributed by atoms with Gasteiger partial charge in [-0.15, -0.1) is 0 Å². The number of nitrogens with zero attached hydrogens (tertiary/aromatic N) is 1. The zero-order valence-corrected chi connectivity index (χ0v) is 17.2. The average Bonchev–Trinajstić information content (AvgIpc) is 2.80. The molecule has 1 aliphatic rings. The van der Waals surface area contributed by atoms with Crippen LogP contribution >= 0.6 is 15.9 Å². The Morgan fingerprint density at radius 3 is 2.59 bits per heavy atom. The van der Waals surface area contributed by atoms with Crippen molar-refractivity contribution >= 4 is 44.3 Å². The number of carboxylic acid groups (broad SMARTS) is 1. The molecule has 3 aromatic carbocycles. The number of carboxylic acids is 1. The third kappa shape index (κ3) is 3.36. The monoisotopic (exact) mass is 454 g/mol. The number of anilines is 1. The van der Waals surface area contributed by atoms with Crippen LogP contribution in [0.1, 0.15) is 22.8 Å². The van der Waals surface area contributed by atoms with Gasteiger partial charge >= 0.3 is 5.97 Å². The van der Waals surface area contributed by atoms with E-state index in [2.05, 4.69) is 15.9 Å². The Balaban J connectivity index is 1.88. The summed E-state index contributed by atoms with van der Waals surface area (Å²) < 4.78 is 6.79. The fourth-order valence-corrected chi connectivity index (χ4v) is 4.06. The number of carbonyl (C=O) groups excluding carboxylic acids is 1. The van der Waals surface area contributed by atoms with Gasteiger partial charge in [0, 0.05) is 4.47 Å². The van der Waals surface area contributed by atoms with E-state index >= 15 is 0 Å². The van der Waals surface area contributed by atoms with Crippen molar-refractivity contribution in [3.05, 3.63) is 70.2 Å². The molecule has 29 heavy (non-hydrogen) atoms. The molecule has 0 radical (unpaired) electrons. The minimum absolute atomic E-state index is 0.00177. The molecular formula is C22H19BrN2O4. The smallest absolute Gasteiger partial charge is 0.339 e. The second kappa shape index (κ2) is 7.50. The molecular weight excluding hydrogens is 436 g/mol. The first kappa shape index (κ1) is 19.4. The van der Waals surface area contributed by atoms with Crippen LogP contribution < -0.4 is 15.4 Å². The lowest BCUT2D eigenvalue weighted by Gasteiger charge is -2.25. The molecule has 3 aromatic rings. The summed E-state index contributed by atoms with van der Waals surface area (Å²) in [5, 5.41) is 11.6. The van der Waals surface area contributed by atoms with Crippen LogP contribution in [0.5, 0.6) is 5.75 Å². The number of halogens is 1. The van der Waals surface area contributed by atoms with Gasteiger partial charge in [0.15, 0.2) is 5.75 Å². The lowest BCUT2D eigenvalue weighted by atomic mass is 10.0. The number of benzene rings is 3. The first-order chi connectivity index (χ1) is 13.9. The number of amides is 1. The Morgan fingerprint density at radius 2 is 1.86 bits per heavy atom. The van der Waals surface area contributed by atoms with Gasteiger partial charge in [0.25, 0.3) is 0 Å². The second-order valence-electron chi connectivity index (χ2n) is 6.98. The Hall–Kier alpha value is -2.90. The highest BCUT2D eigenvalue weighted by atomic mass is 79.9. The third-order valence-electron chi connectivity index (χ3n) is 5.17. The van der Waals surface area contributed by atoms with Crippen LogP contribution in [0.3, 0.4) is 0 Å². The molecule has 6 nitrogen and oxygen atoms in total. The van der Waals surface area contributed by atoms with Crippen molar-refractivity contribution in [2.45, 2.75) is 25.6 Å². The summed E-state index contributed by atoms with van der Waals surface area (Å²) in [6.07, 6.45) is -0.659. The molecule has 0 fully saturated rings. The fraction of sp³-hybridized carbons (Fsp3) is 0.182. The van der Waals surface area contributed by atoms with E-state index in [0.717, 1.165) is 20.8 Å². The van der Waals surface area contributed by atoms with Gasteiger partial charge in [-0.2, -0.15) is 0 Å². The Morgan fingerprint density at radius 1 is 1.14 bits per heavy atom. The number of ether oxygens (including phenoxy) is 1. The van der Waals surface area contributed by atoms with Gasteiger partial charge in [0.2, 0.25) is 5.91 Å². The molecule has 4 rings (SSSR count). The SMILES string of the molecule is C[C@@H]1Oc2c(C(=O)O)cccc2N(Cc2ccc(Br)c3ccccc23)C(=O)C1N. The average molecular weight is 455 g/mol. The van der Waals surface area contributed by atoms with Crippen molar-refractivity contribution in [2.75, 3.05) is 4.90 Å². The van der Waals surface area contributed by atoms with Crippen molar-refractivity contribution in [1.29, 1.82) is 0 Å². The van der Waals surface area contributed by atoms with E-state index in [0.29, 0.717) is 5.69 Å². The maximum atomic E-state index is 13.2. The second-order valence-corrected chi connectivity index (χ2v) is 7.84. The molecule has 148 valence electrons. The summed E-state index contributed by atoms with van der Waals surface area (Å²) in [4.78, 5) is 26.4. The molecule has 0 spiro atoms. The highest BCUT2D eigenvalue weighted by Crippen LogP contribution is 2.38. The van der Waals surface area contributed by atoms with Crippen LogP contribution in [0.15, 0.2) is 59.1 Å². The molecule has 0 saturated heterocycles. The molecule has 1 heterocycles. The molecule has 1 amide bonds. The maximum absolute atomic E-state index is 13.2. The van der Waals surface area contributed by atoms with Gasteiger partial charge in [0.1, 0.15) is 17.7 Å². The predicted molar refractivity (Wildman–Crippen MR) is 114 cm³/mol. The standard InChI is InChI=1S/C22H19BrN2O4/c1-12-19(24)21(26)25(18-8-4-7-16(22(27)28)20(18)29-12)11-13-9-10-17(23)15-6-3-2-5-14(13)15/h2-10,12,19H,11,24H2,1H3,(H,27,28)/t12-,19?/m0/s1. The van der Waals surface area contributed by atoms with Crippen molar-refractivity contribution < 1.29 is 19.4 Å². The molecule has 1 unspecified atom stereocenters. The summed E-state index contributed by atoms with van der Waals surface area (Å²) in [7, 11) is 0. The van der Waals surface area contributed by atoms with Gasteiger partial charge in [0.05, 0.1) is 12.2 Å². The number of rotatable bonds is 3. The van der Waals surface area contributed by atoms with E-state index in [1.165, 1.54) is 11.0 Å². The highest BCUT2D eigenvalue weighted by molar-refractivity contribution is 9.10. The van der Waals surface area contributed by atoms with E-state index in [4.69, 9.17) is 10.5 Å². The Kier molecular flexibility index (Phi) is 5.02. The largest absolute Gasteiger partial charge is 0.485 e. The predicted octanol–water partition coefficient (Wildman–Crippen LogP) is 3.94. The summed E-state index contributed by atoms with van der Waals surface area (Å²) in [5.74, 6) is -1.27. The highest BCUT2D eigenvalue weighted by Gasteiger charge is 2.36. The van der Waals surface area contributed by atoms with Crippen molar-refractivity contribution in [3.8, 4) is 5.75 Å². The zero-order chi connectivity index (χ0) is 20.7. The Bertz CT molecular complexity index is 1130. The lowest BCUT2D eigenvalue weighted by molar-refractivity contribution is -0.121. The molecule has 7 heteroatoms. The number of carbonyl (C=O) groups is 2. The number of para-hydroxylation sites is 1. The summed E-state index contributed by atoms with van der Waals surface area (Å²) in [5.41, 5.74) is 7.46. The molecule has 1 aliphatic heterocycles. The molecule has 0 aromatic heterocycles. The zero-order valence-electron chi connectivity index (χ0n) is 15.6. The van der Waals surface area contributed by atoms with E-state index in [-0.39, 0.29) is 23.8 Å². The topological polar surface area (TPSA) is 92.9 Å². The van der Waals surface area contributed by atoms with Crippen LogP contribution in [0.4, 0.5) is 5.69 Å². The van der Waals surface area contributed by atoms with Crippen molar-refractivity contribution in [3.63, 3.8) is 0 Å². The summed E-state index contributed by atoms with van der Waals surface area (Å²) in [6.45, 7) is 1.91. The molecule has 2 atom stereocenters. The van der Waals surface area contributed by atoms with Crippen LogP contribution in [-0.4, -0.2) is 29.1 Å². The molecule has 0 saturated carbocycles. The number of fused-ring (bicyclic) bond motifs is 2. The maximum Gasteiger partial charge on any atom is 0.339 e. The third-order valence-corrected chi connectivity index (χ3v) is 5.86. The quantitative estimate of drug-likeness (QED) is 0.624. The minimum Gasteiger partial charge on any atom is -0.485 e. The van der Waals surface area contributed by atoms with E-state index in [1.54, 1.807) is 19.1 Å². The molecule has 0 aliphatic carbocycles. The Labute approximate surface area is 176 Å². The van der Waals surface area contributed by atoms with Crippen LogP contribution in [0, 0.1) is 0 Å². The fourth-order valence-electron chi connectivity index (χ4n) is 3.58. The number of aromatic carboxylic acids is 1. The minimum atomic E-state index is -1.12. The summed E-state index contributed by atoms with van der Waals surface area (Å²) >= 11 is 3.56. The van der Waals surface area contributed by atoms with Gasteiger partial charge < -0.3 is 20.5 Å². The first-order valence-electron chi connectivity index (χ1n) is 9.14. The number of hydrogen-bond donors (Lipinski definition) is 2.